The van der Waals surface area contributed by atoms with Crippen molar-refractivity contribution in [3.05, 3.63) is 53.8 Å². The predicted octanol–water partition coefficient (Wildman–Crippen LogP) is 2.52. The molecule has 0 radical (unpaired) electrons. The summed E-state index contributed by atoms with van der Waals surface area (Å²) in [5.74, 6) is -0.642. The van der Waals surface area contributed by atoms with E-state index in [9.17, 15) is 9.18 Å². The molecule has 0 bridgehead atoms. The van der Waals surface area contributed by atoms with Gasteiger partial charge < -0.3 is 15.8 Å². The zero-order valence-corrected chi connectivity index (χ0v) is 10.6. The fourth-order valence-corrected chi connectivity index (χ4v) is 2.26. The molecule has 1 aliphatic rings. The number of ether oxygens (including phenoxy) is 1. The van der Waals surface area contributed by atoms with Crippen molar-refractivity contribution in [3.8, 4) is 5.75 Å². The molecule has 0 aromatic heterocycles. The van der Waals surface area contributed by atoms with E-state index in [1.807, 2.05) is 18.2 Å². The molecule has 0 fully saturated rings. The average molecular weight is 272 g/mol. The van der Waals surface area contributed by atoms with Gasteiger partial charge in [-0.15, -0.1) is 0 Å². The SMILES string of the molecule is Nc1cccc(F)c1NC(=O)C1COc2ccccc21. The summed E-state index contributed by atoms with van der Waals surface area (Å²) in [6.45, 7) is 0.250. The van der Waals surface area contributed by atoms with Crippen molar-refractivity contribution < 1.29 is 13.9 Å². The Labute approximate surface area is 115 Å². The Morgan fingerprint density at radius 3 is 2.85 bits per heavy atom. The number of benzene rings is 2. The van der Waals surface area contributed by atoms with Crippen LogP contribution in [0.3, 0.4) is 0 Å². The van der Waals surface area contributed by atoms with E-state index in [4.69, 9.17) is 10.5 Å². The average Bonchev–Trinajstić information content (AvgIpc) is 2.87. The van der Waals surface area contributed by atoms with Crippen LogP contribution in [0.25, 0.3) is 0 Å². The third-order valence-electron chi connectivity index (χ3n) is 3.31. The summed E-state index contributed by atoms with van der Waals surface area (Å²) < 4.78 is 19.1. The minimum absolute atomic E-state index is 0.0156. The highest BCUT2D eigenvalue weighted by molar-refractivity contribution is 5.99. The van der Waals surface area contributed by atoms with Crippen LogP contribution >= 0.6 is 0 Å². The van der Waals surface area contributed by atoms with Crippen LogP contribution in [-0.4, -0.2) is 12.5 Å². The second kappa shape index (κ2) is 4.85. The van der Waals surface area contributed by atoms with Gasteiger partial charge in [0.1, 0.15) is 29.8 Å². The molecule has 1 amide bonds. The van der Waals surface area contributed by atoms with Crippen LogP contribution in [0, 0.1) is 5.82 Å². The monoisotopic (exact) mass is 272 g/mol. The number of carbonyl (C=O) groups is 1. The fourth-order valence-electron chi connectivity index (χ4n) is 2.26. The van der Waals surface area contributed by atoms with Gasteiger partial charge in [0.05, 0.1) is 5.69 Å². The van der Waals surface area contributed by atoms with Crippen LogP contribution in [-0.2, 0) is 4.79 Å². The van der Waals surface area contributed by atoms with Crippen molar-refractivity contribution in [2.24, 2.45) is 0 Å². The van der Waals surface area contributed by atoms with Crippen LogP contribution in [0.4, 0.5) is 15.8 Å². The molecule has 102 valence electrons. The number of anilines is 2. The highest BCUT2D eigenvalue weighted by atomic mass is 19.1. The minimum atomic E-state index is -0.550. The van der Waals surface area contributed by atoms with Crippen LogP contribution in [0.1, 0.15) is 11.5 Å². The third-order valence-corrected chi connectivity index (χ3v) is 3.31. The smallest absolute Gasteiger partial charge is 0.235 e. The van der Waals surface area contributed by atoms with E-state index in [2.05, 4.69) is 5.32 Å². The molecule has 0 aliphatic carbocycles. The molecule has 3 N–H and O–H groups in total. The highest BCUT2D eigenvalue weighted by Gasteiger charge is 2.30. The van der Waals surface area contributed by atoms with Gasteiger partial charge in [0.25, 0.3) is 0 Å². The molecule has 3 rings (SSSR count). The van der Waals surface area contributed by atoms with E-state index >= 15 is 0 Å². The van der Waals surface area contributed by atoms with E-state index in [1.54, 1.807) is 6.07 Å². The Balaban J connectivity index is 1.85. The Bertz CT molecular complexity index is 652. The molecule has 1 unspecified atom stereocenters. The van der Waals surface area contributed by atoms with Crippen LogP contribution in [0.15, 0.2) is 42.5 Å². The van der Waals surface area contributed by atoms with E-state index in [1.165, 1.54) is 18.2 Å². The summed E-state index contributed by atoms with van der Waals surface area (Å²) in [6, 6.07) is 11.6. The number of nitrogens with one attached hydrogen (secondary N) is 1. The van der Waals surface area contributed by atoms with Crippen molar-refractivity contribution in [1.82, 2.24) is 0 Å². The van der Waals surface area contributed by atoms with E-state index in [0.717, 1.165) is 5.56 Å². The van der Waals surface area contributed by atoms with Gasteiger partial charge in [-0.1, -0.05) is 24.3 Å². The number of nitrogen functional groups attached to an aromatic ring is 1. The van der Waals surface area contributed by atoms with E-state index in [0.29, 0.717) is 5.75 Å². The first kappa shape index (κ1) is 12.5. The van der Waals surface area contributed by atoms with E-state index < -0.39 is 11.7 Å². The van der Waals surface area contributed by atoms with Crippen molar-refractivity contribution in [3.63, 3.8) is 0 Å². The minimum Gasteiger partial charge on any atom is -0.492 e. The standard InChI is InChI=1S/C15H13FN2O2/c16-11-5-3-6-12(17)14(11)18-15(19)10-8-20-13-7-2-1-4-9(10)13/h1-7,10H,8,17H2,(H,18,19). The first-order chi connectivity index (χ1) is 9.66. The molecule has 2 aromatic rings. The van der Waals surface area contributed by atoms with Gasteiger partial charge in [-0.3, -0.25) is 4.79 Å². The number of nitrogens with two attached hydrogens (primary N) is 1. The van der Waals surface area contributed by atoms with Gasteiger partial charge in [-0.2, -0.15) is 0 Å². The molecule has 0 saturated heterocycles. The summed E-state index contributed by atoms with van der Waals surface area (Å²) in [5, 5.41) is 2.54. The summed E-state index contributed by atoms with van der Waals surface area (Å²) >= 11 is 0. The lowest BCUT2D eigenvalue weighted by atomic mass is 10.0. The fraction of sp³-hybridized carbons (Fsp3) is 0.133. The maximum Gasteiger partial charge on any atom is 0.235 e. The van der Waals surface area contributed by atoms with Crippen molar-refractivity contribution in [2.45, 2.75) is 5.92 Å². The largest absolute Gasteiger partial charge is 0.492 e. The first-order valence-electron chi connectivity index (χ1n) is 6.23. The second-order valence-corrected chi connectivity index (χ2v) is 4.59. The molecule has 1 aliphatic heterocycles. The van der Waals surface area contributed by atoms with Gasteiger partial charge in [0, 0.05) is 5.56 Å². The number of carbonyl (C=O) groups excluding carboxylic acids is 1. The molecule has 0 saturated carbocycles. The van der Waals surface area contributed by atoms with Gasteiger partial charge in [-0.25, -0.2) is 4.39 Å². The lowest BCUT2D eigenvalue weighted by Crippen LogP contribution is -2.23. The molecule has 20 heavy (non-hydrogen) atoms. The number of para-hydroxylation sites is 2. The Kier molecular flexibility index (Phi) is 3.02. The molecular weight excluding hydrogens is 259 g/mol. The van der Waals surface area contributed by atoms with Crippen molar-refractivity contribution >= 4 is 17.3 Å². The topological polar surface area (TPSA) is 64.3 Å². The maximum atomic E-state index is 13.7. The number of hydrogen-bond donors (Lipinski definition) is 2. The zero-order chi connectivity index (χ0) is 14.1. The lowest BCUT2D eigenvalue weighted by molar-refractivity contribution is -0.117. The highest BCUT2D eigenvalue weighted by Crippen LogP contribution is 2.34. The molecule has 0 spiro atoms. The molecule has 1 atom stereocenters. The number of rotatable bonds is 2. The summed E-state index contributed by atoms with van der Waals surface area (Å²) in [7, 11) is 0. The quantitative estimate of drug-likeness (QED) is 0.826. The number of amides is 1. The molecule has 5 heteroatoms. The zero-order valence-electron chi connectivity index (χ0n) is 10.6. The van der Waals surface area contributed by atoms with Gasteiger partial charge in [0.15, 0.2) is 0 Å². The van der Waals surface area contributed by atoms with Gasteiger partial charge in [0.2, 0.25) is 5.91 Å². The van der Waals surface area contributed by atoms with E-state index in [-0.39, 0.29) is 23.9 Å². The molecule has 2 aromatic carbocycles. The maximum absolute atomic E-state index is 13.7. The normalized spacial score (nSPS) is 16.4. The van der Waals surface area contributed by atoms with Crippen LogP contribution < -0.4 is 15.8 Å². The summed E-state index contributed by atoms with van der Waals surface area (Å²) in [5.41, 5.74) is 6.70. The summed E-state index contributed by atoms with van der Waals surface area (Å²) in [4.78, 5) is 12.3. The number of halogens is 1. The molecular formula is C15H13FN2O2. The van der Waals surface area contributed by atoms with Crippen LogP contribution in [0.5, 0.6) is 5.75 Å². The Hall–Kier alpha value is -2.56. The van der Waals surface area contributed by atoms with Gasteiger partial charge in [-0.05, 0) is 18.2 Å². The Morgan fingerprint density at radius 2 is 2.05 bits per heavy atom. The predicted molar refractivity (Wildman–Crippen MR) is 74.1 cm³/mol. The second-order valence-electron chi connectivity index (χ2n) is 4.59. The van der Waals surface area contributed by atoms with Gasteiger partial charge >= 0.3 is 0 Å². The Morgan fingerprint density at radius 1 is 1.25 bits per heavy atom. The van der Waals surface area contributed by atoms with Crippen LogP contribution in [0.2, 0.25) is 0 Å². The number of fused-ring (bicyclic) bond motifs is 1. The third kappa shape index (κ3) is 2.07. The molecule has 1 heterocycles. The first-order valence-corrected chi connectivity index (χ1v) is 6.23. The number of hydrogen-bond acceptors (Lipinski definition) is 3. The van der Waals surface area contributed by atoms with Crippen molar-refractivity contribution in [2.75, 3.05) is 17.7 Å². The van der Waals surface area contributed by atoms with Crippen molar-refractivity contribution in [1.29, 1.82) is 0 Å². The molecule has 4 nitrogen and oxygen atoms in total. The lowest BCUT2D eigenvalue weighted by Gasteiger charge is -2.12. The summed E-state index contributed by atoms with van der Waals surface area (Å²) in [6.07, 6.45) is 0.